The van der Waals surface area contributed by atoms with Crippen molar-refractivity contribution in [1.29, 1.82) is 0 Å². The third-order valence-electron chi connectivity index (χ3n) is 3.71. The molecule has 0 unspecified atom stereocenters. The van der Waals surface area contributed by atoms with E-state index in [1.54, 1.807) is 6.33 Å². The van der Waals surface area contributed by atoms with Gasteiger partial charge in [0, 0.05) is 21.9 Å². The van der Waals surface area contributed by atoms with Crippen LogP contribution < -0.4 is 11.1 Å². The zero-order valence-corrected chi connectivity index (χ0v) is 12.2. The molecule has 1 aromatic carbocycles. The quantitative estimate of drug-likeness (QED) is 0.892. The summed E-state index contributed by atoms with van der Waals surface area (Å²) in [7, 11) is 0. The number of nitrogens with zero attached hydrogens (tertiary/aromatic N) is 2. The van der Waals surface area contributed by atoms with Crippen LogP contribution >= 0.6 is 15.9 Å². The first kappa shape index (κ1) is 12.8. The molecule has 0 saturated heterocycles. The lowest BCUT2D eigenvalue weighted by atomic mass is 9.92. The van der Waals surface area contributed by atoms with Crippen molar-refractivity contribution >= 4 is 32.7 Å². The Morgan fingerprint density at radius 1 is 1.16 bits per heavy atom. The topological polar surface area (TPSA) is 63.8 Å². The van der Waals surface area contributed by atoms with Crippen LogP contribution in [0.2, 0.25) is 0 Å². The first-order chi connectivity index (χ1) is 9.22. The fourth-order valence-corrected chi connectivity index (χ4v) is 2.96. The molecule has 4 nitrogen and oxygen atoms in total. The Bertz CT molecular complexity index is 579. The third kappa shape index (κ3) is 2.87. The highest BCUT2D eigenvalue weighted by molar-refractivity contribution is 9.10. The molecule has 1 fully saturated rings. The maximum absolute atomic E-state index is 5.94. The van der Waals surface area contributed by atoms with Gasteiger partial charge in [0.25, 0.3) is 0 Å². The molecular weight excluding hydrogens is 304 g/mol. The van der Waals surface area contributed by atoms with Gasteiger partial charge < -0.3 is 11.1 Å². The van der Waals surface area contributed by atoms with Gasteiger partial charge in [0.05, 0.1) is 5.52 Å². The molecule has 1 aliphatic carbocycles. The Morgan fingerprint density at radius 3 is 2.74 bits per heavy atom. The average Bonchev–Trinajstić information content (AvgIpc) is 2.42. The Morgan fingerprint density at radius 2 is 1.95 bits per heavy atom. The van der Waals surface area contributed by atoms with Gasteiger partial charge in [-0.3, -0.25) is 0 Å². The van der Waals surface area contributed by atoms with Gasteiger partial charge in [-0.25, -0.2) is 9.97 Å². The predicted octanol–water partition coefficient (Wildman–Crippen LogP) is 3.07. The molecule has 1 saturated carbocycles. The highest BCUT2D eigenvalue weighted by atomic mass is 79.9. The lowest BCUT2D eigenvalue weighted by Crippen LogP contribution is -2.33. The van der Waals surface area contributed by atoms with E-state index in [1.807, 2.05) is 12.1 Å². The number of benzene rings is 1. The third-order valence-corrected chi connectivity index (χ3v) is 4.20. The Hall–Kier alpha value is -1.20. The van der Waals surface area contributed by atoms with Gasteiger partial charge >= 0.3 is 0 Å². The summed E-state index contributed by atoms with van der Waals surface area (Å²) in [5, 5.41) is 4.61. The Balaban J connectivity index is 1.86. The number of nitrogens with two attached hydrogens (primary N) is 1. The van der Waals surface area contributed by atoms with Crippen LogP contribution in [0.3, 0.4) is 0 Å². The van der Waals surface area contributed by atoms with E-state index in [9.17, 15) is 0 Å². The molecule has 1 aliphatic rings. The Kier molecular flexibility index (Phi) is 3.66. The standard InChI is InChI=1S/C14H17BrN4/c15-9-1-6-13-12(7-9)14(18-8-17-13)19-11-4-2-10(16)3-5-11/h1,6-8,10-11H,2-5,16H2,(H,17,18,19)/t10-,11-. The second kappa shape index (κ2) is 5.43. The van der Waals surface area contributed by atoms with Crippen molar-refractivity contribution in [3.8, 4) is 0 Å². The van der Waals surface area contributed by atoms with E-state index >= 15 is 0 Å². The number of hydrogen-bond acceptors (Lipinski definition) is 4. The van der Waals surface area contributed by atoms with Crippen molar-refractivity contribution in [2.24, 2.45) is 5.73 Å². The van der Waals surface area contributed by atoms with E-state index in [-0.39, 0.29) is 0 Å². The number of anilines is 1. The monoisotopic (exact) mass is 320 g/mol. The molecule has 3 rings (SSSR count). The minimum Gasteiger partial charge on any atom is -0.367 e. The van der Waals surface area contributed by atoms with Crippen molar-refractivity contribution in [3.63, 3.8) is 0 Å². The van der Waals surface area contributed by atoms with Crippen molar-refractivity contribution in [1.82, 2.24) is 9.97 Å². The lowest BCUT2D eigenvalue weighted by molar-refractivity contribution is 0.410. The maximum Gasteiger partial charge on any atom is 0.137 e. The van der Waals surface area contributed by atoms with Crippen LogP contribution in [-0.4, -0.2) is 22.1 Å². The van der Waals surface area contributed by atoms with Crippen LogP contribution in [0.15, 0.2) is 29.0 Å². The highest BCUT2D eigenvalue weighted by Gasteiger charge is 2.19. The Labute approximate surface area is 120 Å². The SMILES string of the molecule is N[C@H]1CC[C@H](Nc2ncnc3ccc(Br)cc23)CC1. The van der Waals surface area contributed by atoms with Crippen LogP contribution in [-0.2, 0) is 0 Å². The summed E-state index contributed by atoms with van der Waals surface area (Å²) in [5.74, 6) is 0.923. The molecule has 0 bridgehead atoms. The zero-order valence-electron chi connectivity index (χ0n) is 10.6. The van der Waals surface area contributed by atoms with E-state index in [0.29, 0.717) is 12.1 Å². The van der Waals surface area contributed by atoms with Gasteiger partial charge in [0.1, 0.15) is 12.1 Å². The summed E-state index contributed by atoms with van der Waals surface area (Å²) >= 11 is 3.50. The van der Waals surface area contributed by atoms with E-state index < -0.39 is 0 Å². The maximum atomic E-state index is 5.94. The molecule has 0 radical (unpaired) electrons. The number of fused-ring (bicyclic) bond motifs is 1. The molecule has 1 heterocycles. The summed E-state index contributed by atoms with van der Waals surface area (Å²) < 4.78 is 1.04. The minimum absolute atomic E-state index is 0.370. The number of hydrogen-bond donors (Lipinski definition) is 2. The van der Waals surface area contributed by atoms with Crippen LogP contribution in [0.5, 0.6) is 0 Å². The van der Waals surface area contributed by atoms with Crippen LogP contribution in [0.4, 0.5) is 5.82 Å². The van der Waals surface area contributed by atoms with Crippen molar-refractivity contribution in [3.05, 3.63) is 29.0 Å². The largest absolute Gasteiger partial charge is 0.367 e. The van der Waals surface area contributed by atoms with Gasteiger partial charge in [0.15, 0.2) is 0 Å². The fraction of sp³-hybridized carbons (Fsp3) is 0.429. The zero-order chi connectivity index (χ0) is 13.2. The molecule has 0 atom stereocenters. The first-order valence-electron chi connectivity index (χ1n) is 6.65. The van der Waals surface area contributed by atoms with Crippen molar-refractivity contribution in [2.75, 3.05) is 5.32 Å². The summed E-state index contributed by atoms with van der Waals surface area (Å²) in [6.45, 7) is 0. The molecule has 19 heavy (non-hydrogen) atoms. The smallest absolute Gasteiger partial charge is 0.137 e. The normalized spacial score (nSPS) is 23.5. The second-order valence-corrected chi connectivity index (χ2v) is 6.06. The number of rotatable bonds is 2. The van der Waals surface area contributed by atoms with Crippen molar-refractivity contribution < 1.29 is 0 Å². The van der Waals surface area contributed by atoms with Crippen molar-refractivity contribution in [2.45, 2.75) is 37.8 Å². The molecular formula is C14H17BrN4. The number of aromatic nitrogens is 2. The van der Waals surface area contributed by atoms with E-state index in [4.69, 9.17) is 5.73 Å². The summed E-state index contributed by atoms with van der Waals surface area (Å²) in [4.78, 5) is 8.68. The summed E-state index contributed by atoms with van der Waals surface area (Å²) in [6, 6.07) is 6.90. The first-order valence-corrected chi connectivity index (χ1v) is 7.44. The molecule has 100 valence electrons. The number of halogens is 1. The molecule has 0 amide bonds. The van der Waals surface area contributed by atoms with Gasteiger partial charge in [0.2, 0.25) is 0 Å². The van der Waals surface area contributed by atoms with Gasteiger partial charge in [-0.05, 0) is 43.9 Å². The molecule has 0 spiro atoms. The fourth-order valence-electron chi connectivity index (χ4n) is 2.60. The lowest BCUT2D eigenvalue weighted by Gasteiger charge is -2.27. The number of nitrogens with one attached hydrogen (secondary N) is 1. The van der Waals surface area contributed by atoms with E-state index in [0.717, 1.165) is 46.9 Å². The van der Waals surface area contributed by atoms with E-state index in [1.165, 1.54) is 0 Å². The van der Waals surface area contributed by atoms with Crippen LogP contribution in [0.25, 0.3) is 10.9 Å². The minimum atomic E-state index is 0.370. The van der Waals surface area contributed by atoms with Crippen LogP contribution in [0, 0.1) is 0 Å². The molecule has 0 aliphatic heterocycles. The second-order valence-electron chi connectivity index (χ2n) is 5.14. The molecule has 3 N–H and O–H groups in total. The summed E-state index contributed by atoms with van der Waals surface area (Å²) in [5.41, 5.74) is 6.91. The predicted molar refractivity (Wildman–Crippen MR) is 81.1 cm³/mol. The molecule has 1 aromatic heterocycles. The van der Waals surface area contributed by atoms with E-state index in [2.05, 4.69) is 37.3 Å². The average molecular weight is 321 g/mol. The van der Waals surface area contributed by atoms with Gasteiger partial charge in [-0.15, -0.1) is 0 Å². The van der Waals surface area contributed by atoms with Gasteiger partial charge in [-0.2, -0.15) is 0 Å². The van der Waals surface area contributed by atoms with Gasteiger partial charge in [-0.1, -0.05) is 15.9 Å². The highest BCUT2D eigenvalue weighted by Crippen LogP contribution is 2.26. The molecule has 5 heteroatoms. The summed E-state index contributed by atoms with van der Waals surface area (Å²) in [6.07, 6.45) is 6.02. The van der Waals surface area contributed by atoms with Crippen LogP contribution in [0.1, 0.15) is 25.7 Å². The molecule has 2 aromatic rings.